The average molecular weight is 349 g/mol. The van der Waals surface area contributed by atoms with Gasteiger partial charge in [0.2, 0.25) is 0 Å². The van der Waals surface area contributed by atoms with Gasteiger partial charge in [0.25, 0.3) is 5.91 Å². The fourth-order valence-corrected chi connectivity index (χ4v) is 2.32. The third-order valence-corrected chi connectivity index (χ3v) is 3.69. The van der Waals surface area contributed by atoms with Crippen LogP contribution in [0.5, 0.6) is 11.5 Å². The fourth-order valence-electron chi connectivity index (χ4n) is 2.32. The van der Waals surface area contributed by atoms with Crippen molar-refractivity contribution in [2.24, 2.45) is 0 Å². The molecular weight excluding hydrogens is 330 g/mol. The highest BCUT2D eigenvalue weighted by atomic mass is 16.5. The van der Waals surface area contributed by atoms with Crippen LogP contribution in [-0.2, 0) is 11.3 Å². The Morgan fingerprint density at radius 2 is 1.77 bits per heavy atom. The van der Waals surface area contributed by atoms with Crippen LogP contribution in [0.15, 0.2) is 67.0 Å². The van der Waals surface area contributed by atoms with Crippen molar-refractivity contribution in [3.8, 4) is 22.8 Å². The number of ether oxygens (including phenoxy) is 2. The summed E-state index contributed by atoms with van der Waals surface area (Å²) in [5, 5.41) is 2.79. The second kappa shape index (κ2) is 8.62. The van der Waals surface area contributed by atoms with E-state index in [1.165, 1.54) is 6.33 Å². The van der Waals surface area contributed by atoms with Gasteiger partial charge in [-0.15, -0.1) is 0 Å². The van der Waals surface area contributed by atoms with Crippen LogP contribution in [0.4, 0.5) is 0 Å². The number of amides is 1. The summed E-state index contributed by atoms with van der Waals surface area (Å²) in [5.74, 6) is 1.23. The monoisotopic (exact) mass is 349 g/mol. The molecular formula is C20H19N3O3. The molecule has 0 aliphatic carbocycles. The first-order chi connectivity index (χ1) is 12.7. The fraction of sp³-hybridized carbons (Fsp3) is 0.150. The third kappa shape index (κ3) is 4.80. The summed E-state index contributed by atoms with van der Waals surface area (Å²) in [6.45, 7) is 0.267. The number of rotatable bonds is 7. The van der Waals surface area contributed by atoms with Crippen LogP contribution in [0.1, 0.15) is 5.69 Å². The molecule has 2 aromatic carbocycles. The number of nitrogens with one attached hydrogen (secondary N) is 1. The smallest absolute Gasteiger partial charge is 0.258 e. The SMILES string of the molecule is COc1ccc(-c2cc(CNC(=O)COc3ccccc3)ncn2)cc1. The van der Waals surface area contributed by atoms with Crippen molar-refractivity contribution in [1.29, 1.82) is 0 Å². The van der Waals surface area contributed by atoms with Gasteiger partial charge in [-0.25, -0.2) is 9.97 Å². The lowest BCUT2D eigenvalue weighted by Gasteiger charge is -2.08. The Morgan fingerprint density at radius 3 is 2.50 bits per heavy atom. The summed E-state index contributed by atoms with van der Waals surface area (Å²) in [4.78, 5) is 20.4. The molecule has 26 heavy (non-hydrogen) atoms. The van der Waals surface area contributed by atoms with Gasteiger partial charge in [0.1, 0.15) is 17.8 Å². The molecule has 6 nitrogen and oxygen atoms in total. The van der Waals surface area contributed by atoms with E-state index in [1.54, 1.807) is 19.2 Å². The molecule has 0 aliphatic rings. The van der Waals surface area contributed by atoms with E-state index in [2.05, 4.69) is 15.3 Å². The summed E-state index contributed by atoms with van der Waals surface area (Å²) in [7, 11) is 1.63. The molecule has 1 amide bonds. The van der Waals surface area contributed by atoms with Crippen LogP contribution in [0.2, 0.25) is 0 Å². The van der Waals surface area contributed by atoms with Gasteiger partial charge in [-0.1, -0.05) is 18.2 Å². The van der Waals surface area contributed by atoms with Crippen molar-refractivity contribution in [1.82, 2.24) is 15.3 Å². The van der Waals surface area contributed by atoms with Gasteiger partial charge in [0, 0.05) is 5.56 Å². The van der Waals surface area contributed by atoms with Crippen molar-refractivity contribution < 1.29 is 14.3 Å². The molecule has 0 atom stereocenters. The minimum absolute atomic E-state index is 0.0412. The van der Waals surface area contributed by atoms with E-state index in [-0.39, 0.29) is 12.5 Å². The van der Waals surface area contributed by atoms with E-state index in [0.29, 0.717) is 12.3 Å². The van der Waals surface area contributed by atoms with E-state index < -0.39 is 0 Å². The minimum atomic E-state index is -0.210. The second-order valence-electron chi connectivity index (χ2n) is 5.50. The average Bonchev–Trinajstić information content (AvgIpc) is 2.72. The van der Waals surface area contributed by atoms with Crippen molar-refractivity contribution >= 4 is 5.91 Å². The lowest BCUT2D eigenvalue weighted by Crippen LogP contribution is -2.28. The molecule has 1 N–H and O–H groups in total. The van der Waals surface area contributed by atoms with Gasteiger partial charge < -0.3 is 14.8 Å². The quantitative estimate of drug-likeness (QED) is 0.710. The molecule has 0 spiro atoms. The Hall–Kier alpha value is -3.41. The Labute approximate surface area is 151 Å². The molecule has 0 saturated carbocycles. The van der Waals surface area contributed by atoms with Crippen molar-refractivity contribution in [3.63, 3.8) is 0 Å². The van der Waals surface area contributed by atoms with Crippen LogP contribution in [0, 0.1) is 0 Å². The van der Waals surface area contributed by atoms with Crippen molar-refractivity contribution in [2.45, 2.75) is 6.54 Å². The van der Waals surface area contributed by atoms with Gasteiger partial charge in [0.05, 0.1) is 25.0 Å². The van der Waals surface area contributed by atoms with E-state index in [4.69, 9.17) is 9.47 Å². The predicted molar refractivity (Wildman–Crippen MR) is 97.8 cm³/mol. The highest BCUT2D eigenvalue weighted by molar-refractivity contribution is 5.77. The van der Waals surface area contributed by atoms with E-state index in [0.717, 1.165) is 22.7 Å². The minimum Gasteiger partial charge on any atom is -0.497 e. The maximum atomic E-state index is 11.9. The first kappa shape index (κ1) is 17.4. The Balaban J connectivity index is 1.55. The normalized spacial score (nSPS) is 10.2. The van der Waals surface area contributed by atoms with E-state index >= 15 is 0 Å². The Morgan fingerprint density at radius 1 is 1.00 bits per heavy atom. The van der Waals surface area contributed by atoms with Crippen LogP contribution < -0.4 is 14.8 Å². The number of para-hydroxylation sites is 1. The van der Waals surface area contributed by atoms with E-state index in [1.807, 2.05) is 48.5 Å². The number of benzene rings is 2. The van der Waals surface area contributed by atoms with Crippen LogP contribution in [0.25, 0.3) is 11.3 Å². The highest BCUT2D eigenvalue weighted by Gasteiger charge is 2.06. The topological polar surface area (TPSA) is 73.3 Å². The van der Waals surface area contributed by atoms with Crippen LogP contribution in [-0.4, -0.2) is 29.6 Å². The van der Waals surface area contributed by atoms with Gasteiger partial charge in [-0.3, -0.25) is 4.79 Å². The summed E-state index contributed by atoms with van der Waals surface area (Å²) in [5.41, 5.74) is 2.46. The maximum absolute atomic E-state index is 11.9. The van der Waals surface area contributed by atoms with Crippen LogP contribution in [0.3, 0.4) is 0 Å². The van der Waals surface area contributed by atoms with Gasteiger partial charge in [-0.05, 0) is 42.5 Å². The lowest BCUT2D eigenvalue weighted by atomic mass is 10.1. The Bertz CT molecular complexity index is 852. The summed E-state index contributed by atoms with van der Waals surface area (Å²) in [6.07, 6.45) is 1.49. The van der Waals surface area contributed by atoms with Crippen LogP contribution >= 0.6 is 0 Å². The zero-order valence-electron chi connectivity index (χ0n) is 14.4. The molecule has 3 aromatic rings. The van der Waals surface area contributed by atoms with Gasteiger partial charge >= 0.3 is 0 Å². The number of carbonyl (C=O) groups is 1. The molecule has 0 radical (unpaired) electrons. The number of methoxy groups -OCH3 is 1. The third-order valence-electron chi connectivity index (χ3n) is 3.69. The Kier molecular flexibility index (Phi) is 5.77. The number of nitrogens with zero attached hydrogens (tertiary/aromatic N) is 2. The molecule has 132 valence electrons. The zero-order chi connectivity index (χ0) is 18.2. The number of carbonyl (C=O) groups excluding carboxylic acids is 1. The molecule has 0 saturated heterocycles. The molecule has 3 rings (SSSR count). The lowest BCUT2D eigenvalue weighted by molar-refractivity contribution is -0.123. The predicted octanol–water partition coefficient (Wildman–Crippen LogP) is 2.85. The number of hydrogen-bond acceptors (Lipinski definition) is 5. The highest BCUT2D eigenvalue weighted by Crippen LogP contribution is 2.20. The zero-order valence-corrected chi connectivity index (χ0v) is 14.4. The summed E-state index contributed by atoms with van der Waals surface area (Å²) in [6, 6.07) is 18.7. The number of hydrogen-bond donors (Lipinski definition) is 1. The largest absolute Gasteiger partial charge is 0.497 e. The van der Waals surface area contributed by atoms with Gasteiger partial charge in [-0.2, -0.15) is 0 Å². The summed E-state index contributed by atoms with van der Waals surface area (Å²) >= 11 is 0. The maximum Gasteiger partial charge on any atom is 0.258 e. The first-order valence-electron chi connectivity index (χ1n) is 8.14. The molecule has 0 aliphatic heterocycles. The second-order valence-corrected chi connectivity index (χ2v) is 5.50. The first-order valence-corrected chi connectivity index (χ1v) is 8.14. The molecule has 0 unspecified atom stereocenters. The molecule has 1 heterocycles. The van der Waals surface area contributed by atoms with Crippen molar-refractivity contribution in [3.05, 3.63) is 72.7 Å². The van der Waals surface area contributed by atoms with Gasteiger partial charge in [0.15, 0.2) is 6.61 Å². The molecule has 0 bridgehead atoms. The summed E-state index contributed by atoms with van der Waals surface area (Å²) < 4.78 is 10.6. The standard InChI is InChI=1S/C20H19N3O3/c1-25-17-9-7-15(8-10-17)19-11-16(22-14-23-19)12-21-20(24)13-26-18-5-3-2-4-6-18/h2-11,14H,12-13H2,1H3,(H,21,24). The molecule has 6 heteroatoms. The van der Waals surface area contributed by atoms with Crippen molar-refractivity contribution in [2.75, 3.05) is 13.7 Å². The molecule has 1 aromatic heterocycles. The number of aromatic nitrogens is 2. The van der Waals surface area contributed by atoms with E-state index in [9.17, 15) is 4.79 Å². The molecule has 0 fully saturated rings.